The molecule has 0 aliphatic rings. The molecule has 1 rings (SSSR count). The summed E-state index contributed by atoms with van der Waals surface area (Å²) in [6, 6.07) is 0. The van der Waals surface area contributed by atoms with Crippen LogP contribution in [-0.4, -0.2) is 25.6 Å². The van der Waals surface area contributed by atoms with Crippen LogP contribution < -0.4 is 5.69 Å². The van der Waals surface area contributed by atoms with Crippen molar-refractivity contribution in [1.82, 2.24) is 19.8 Å². The van der Waals surface area contributed by atoms with Crippen molar-refractivity contribution in [3.05, 3.63) is 10.5 Å². The van der Waals surface area contributed by atoms with Gasteiger partial charge in [0.25, 0.3) is 0 Å². The molecule has 0 amide bonds. The van der Waals surface area contributed by atoms with Gasteiger partial charge in [-0.15, -0.1) is 0 Å². The number of aromatic nitrogens is 4. The summed E-state index contributed by atoms with van der Waals surface area (Å²) in [7, 11) is 1.48. The van der Waals surface area contributed by atoms with Crippen LogP contribution in [0, 0.1) is 0 Å². The van der Waals surface area contributed by atoms with E-state index in [4.69, 9.17) is 0 Å². The molecule has 1 heterocycles. The van der Waals surface area contributed by atoms with Crippen LogP contribution in [0.4, 0.5) is 0 Å². The zero-order valence-electron chi connectivity index (χ0n) is 6.31. The van der Waals surface area contributed by atoms with Gasteiger partial charge in [-0.2, -0.15) is 9.36 Å². The molecular weight excluding hydrogens is 148 g/mol. The van der Waals surface area contributed by atoms with Gasteiger partial charge in [0.1, 0.15) is 6.54 Å². The maximum absolute atomic E-state index is 11.0. The van der Waals surface area contributed by atoms with Gasteiger partial charge >= 0.3 is 5.69 Å². The van der Waals surface area contributed by atoms with E-state index in [1.807, 2.05) is 0 Å². The number of carbonyl (C=O) groups excluding carboxylic acids is 1. The van der Waals surface area contributed by atoms with Crippen molar-refractivity contribution < 1.29 is 4.79 Å². The van der Waals surface area contributed by atoms with Gasteiger partial charge in [-0.3, -0.25) is 4.79 Å². The molecule has 0 aliphatic heterocycles. The number of rotatable bonds is 2. The van der Waals surface area contributed by atoms with E-state index >= 15 is 0 Å². The summed E-state index contributed by atoms with van der Waals surface area (Å²) in [6.45, 7) is 1.38. The van der Waals surface area contributed by atoms with Crippen molar-refractivity contribution in [3.8, 4) is 0 Å². The lowest BCUT2D eigenvalue weighted by molar-refractivity contribution is -0.117. The molecule has 0 unspecified atom stereocenters. The average Bonchev–Trinajstić information content (AvgIpc) is 2.18. The van der Waals surface area contributed by atoms with E-state index in [-0.39, 0.29) is 18.0 Å². The molecule has 0 aromatic carbocycles. The zero-order chi connectivity index (χ0) is 8.43. The van der Waals surface area contributed by atoms with E-state index in [1.165, 1.54) is 14.0 Å². The normalized spacial score (nSPS) is 10.0. The number of aryl methyl sites for hydroxylation is 1. The Morgan fingerprint density at radius 3 is 2.55 bits per heavy atom. The van der Waals surface area contributed by atoms with Gasteiger partial charge in [-0.25, -0.2) is 4.79 Å². The summed E-state index contributed by atoms with van der Waals surface area (Å²) in [5.41, 5.74) is -0.375. The third kappa shape index (κ3) is 1.51. The van der Waals surface area contributed by atoms with Crippen LogP contribution in [0.3, 0.4) is 0 Å². The van der Waals surface area contributed by atoms with E-state index in [2.05, 4.69) is 10.4 Å². The van der Waals surface area contributed by atoms with Crippen molar-refractivity contribution in [3.63, 3.8) is 0 Å². The average molecular weight is 156 g/mol. The largest absolute Gasteiger partial charge is 0.363 e. The maximum Gasteiger partial charge on any atom is 0.363 e. The fraction of sp³-hybridized carbons (Fsp3) is 0.600. The Morgan fingerprint density at radius 2 is 2.18 bits per heavy atom. The third-order valence-corrected chi connectivity index (χ3v) is 1.15. The van der Waals surface area contributed by atoms with E-state index < -0.39 is 0 Å². The molecule has 0 radical (unpaired) electrons. The standard InChI is InChI=1S/C5H8N4O2/c1-4(10)3-9-5(11)8(2)6-7-9/h3H2,1-2H3. The molecule has 0 spiro atoms. The van der Waals surface area contributed by atoms with Crippen molar-refractivity contribution in [2.75, 3.05) is 0 Å². The van der Waals surface area contributed by atoms with Crippen molar-refractivity contribution in [1.29, 1.82) is 0 Å². The zero-order valence-corrected chi connectivity index (χ0v) is 6.31. The highest BCUT2D eigenvalue weighted by Gasteiger charge is 2.03. The Bertz CT molecular complexity index is 323. The minimum Gasteiger partial charge on any atom is -0.298 e. The molecule has 6 heteroatoms. The van der Waals surface area contributed by atoms with Crippen LogP contribution >= 0.6 is 0 Å². The first-order valence-electron chi connectivity index (χ1n) is 3.07. The number of carbonyl (C=O) groups is 1. The lowest BCUT2D eigenvalue weighted by atomic mass is 10.5. The van der Waals surface area contributed by atoms with Gasteiger partial charge in [0.05, 0.1) is 0 Å². The van der Waals surface area contributed by atoms with Crippen molar-refractivity contribution in [2.45, 2.75) is 13.5 Å². The fourth-order valence-electron chi connectivity index (χ4n) is 0.662. The predicted molar refractivity (Wildman–Crippen MR) is 35.9 cm³/mol. The van der Waals surface area contributed by atoms with Crippen LogP contribution in [0.25, 0.3) is 0 Å². The Morgan fingerprint density at radius 1 is 1.55 bits per heavy atom. The minimum absolute atomic E-state index is 0.00727. The van der Waals surface area contributed by atoms with Crippen LogP contribution in [-0.2, 0) is 18.4 Å². The number of tetrazole rings is 1. The predicted octanol–water partition coefficient (Wildman–Crippen LogP) is -1.43. The van der Waals surface area contributed by atoms with Crippen LogP contribution in [0.5, 0.6) is 0 Å². The van der Waals surface area contributed by atoms with Crippen molar-refractivity contribution >= 4 is 5.78 Å². The van der Waals surface area contributed by atoms with Gasteiger partial charge in [0.15, 0.2) is 5.78 Å². The Labute approximate surface area is 62.4 Å². The second-order valence-corrected chi connectivity index (χ2v) is 2.24. The Kier molecular flexibility index (Phi) is 1.84. The molecule has 0 aliphatic carbocycles. The SMILES string of the molecule is CC(=O)Cn1nnn(C)c1=O. The molecule has 6 nitrogen and oxygen atoms in total. The molecule has 0 atom stereocenters. The van der Waals surface area contributed by atoms with Gasteiger partial charge in [0, 0.05) is 7.05 Å². The monoisotopic (exact) mass is 156 g/mol. The summed E-state index contributed by atoms with van der Waals surface area (Å²) >= 11 is 0. The van der Waals surface area contributed by atoms with Gasteiger partial charge < -0.3 is 0 Å². The summed E-state index contributed by atoms with van der Waals surface area (Å²) in [5, 5.41) is 6.89. The van der Waals surface area contributed by atoms with Gasteiger partial charge in [0.2, 0.25) is 0 Å². The molecule has 0 saturated heterocycles. The molecular formula is C5H8N4O2. The molecule has 1 aromatic heterocycles. The van der Waals surface area contributed by atoms with E-state index in [0.29, 0.717) is 0 Å². The van der Waals surface area contributed by atoms with E-state index in [1.54, 1.807) is 0 Å². The molecule has 1 aromatic rings. The second kappa shape index (κ2) is 2.65. The Balaban J connectivity index is 2.97. The first kappa shape index (κ1) is 7.64. The summed E-state index contributed by atoms with van der Waals surface area (Å²) in [6.07, 6.45) is 0. The molecule has 11 heavy (non-hydrogen) atoms. The Hall–Kier alpha value is -1.46. The van der Waals surface area contributed by atoms with Crippen molar-refractivity contribution in [2.24, 2.45) is 7.05 Å². The fourth-order valence-corrected chi connectivity index (χ4v) is 0.662. The first-order chi connectivity index (χ1) is 5.11. The number of Topliss-reactive ketones (excluding diaryl/α,β-unsaturated/α-hetero) is 1. The van der Waals surface area contributed by atoms with E-state index in [0.717, 1.165) is 9.36 Å². The molecule has 0 saturated carbocycles. The quantitative estimate of drug-likeness (QED) is 0.526. The molecule has 0 fully saturated rings. The lowest BCUT2D eigenvalue weighted by Gasteiger charge is -1.89. The third-order valence-electron chi connectivity index (χ3n) is 1.15. The second-order valence-electron chi connectivity index (χ2n) is 2.24. The number of hydrogen-bond donors (Lipinski definition) is 0. The highest BCUT2D eigenvalue weighted by atomic mass is 16.2. The molecule has 0 bridgehead atoms. The summed E-state index contributed by atoms with van der Waals surface area (Å²) in [5.74, 6) is -0.118. The van der Waals surface area contributed by atoms with Gasteiger partial charge in [-0.1, -0.05) is 0 Å². The van der Waals surface area contributed by atoms with Crippen LogP contribution in [0.2, 0.25) is 0 Å². The van der Waals surface area contributed by atoms with Crippen LogP contribution in [0.15, 0.2) is 4.79 Å². The molecule has 0 N–H and O–H groups in total. The lowest BCUT2D eigenvalue weighted by Crippen LogP contribution is -2.25. The van der Waals surface area contributed by atoms with E-state index in [9.17, 15) is 9.59 Å². The highest BCUT2D eigenvalue weighted by Crippen LogP contribution is 1.74. The number of hydrogen-bond acceptors (Lipinski definition) is 4. The maximum atomic E-state index is 11.0. The minimum atomic E-state index is -0.375. The summed E-state index contributed by atoms with van der Waals surface area (Å²) < 4.78 is 2.09. The number of ketones is 1. The molecule has 60 valence electrons. The summed E-state index contributed by atoms with van der Waals surface area (Å²) in [4.78, 5) is 21.5. The number of nitrogens with zero attached hydrogens (tertiary/aromatic N) is 4. The van der Waals surface area contributed by atoms with Gasteiger partial charge in [-0.05, 0) is 17.4 Å². The smallest absolute Gasteiger partial charge is 0.298 e. The highest BCUT2D eigenvalue weighted by molar-refractivity contribution is 5.75. The first-order valence-corrected chi connectivity index (χ1v) is 3.07. The van der Waals surface area contributed by atoms with Crippen LogP contribution in [0.1, 0.15) is 6.92 Å². The topological polar surface area (TPSA) is 69.8 Å².